The number of hydrogen-bond acceptors (Lipinski definition) is 10. The highest BCUT2D eigenvalue weighted by molar-refractivity contribution is 5.70. The Balaban J connectivity index is 2.18. The van der Waals surface area contributed by atoms with Crippen LogP contribution in [0.5, 0.6) is 0 Å². The van der Waals surface area contributed by atoms with Crippen molar-refractivity contribution in [1.82, 2.24) is 0 Å². The molecule has 1 heterocycles. The lowest BCUT2D eigenvalue weighted by atomic mass is 9.99. The zero-order chi connectivity index (χ0) is 47.3. The quantitative estimate of drug-likeness (QED) is 0.0343. The van der Waals surface area contributed by atoms with Gasteiger partial charge < -0.3 is 39.4 Å². The van der Waals surface area contributed by atoms with Gasteiger partial charge in [0.25, 0.3) is 0 Å². The lowest BCUT2D eigenvalue weighted by molar-refractivity contribution is -0.305. The van der Waals surface area contributed by atoms with Gasteiger partial charge in [0.2, 0.25) is 0 Å². The van der Waals surface area contributed by atoms with E-state index in [4.69, 9.17) is 18.9 Å². The molecule has 6 unspecified atom stereocenters. The smallest absolute Gasteiger partial charge is 0.306 e. The highest BCUT2D eigenvalue weighted by atomic mass is 16.7. The first-order valence-corrected chi connectivity index (χ1v) is 28.1. The predicted molar refractivity (Wildman–Crippen MR) is 266 cm³/mol. The third kappa shape index (κ3) is 37.3. The summed E-state index contributed by atoms with van der Waals surface area (Å²) in [6, 6.07) is 0. The molecule has 0 radical (unpaired) electrons. The molecule has 4 N–H and O–H groups in total. The van der Waals surface area contributed by atoms with Crippen molar-refractivity contribution in [1.29, 1.82) is 0 Å². The molecule has 0 aromatic rings. The maximum Gasteiger partial charge on any atom is 0.306 e. The van der Waals surface area contributed by atoms with Gasteiger partial charge in [-0.3, -0.25) is 9.59 Å². The molecular weight excluding hydrogens is 821 g/mol. The van der Waals surface area contributed by atoms with Crippen molar-refractivity contribution in [3.63, 3.8) is 0 Å². The van der Waals surface area contributed by atoms with Crippen LogP contribution < -0.4 is 0 Å². The number of carbonyl (C=O) groups excluding carboxylic acids is 2. The van der Waals surface area contributed by atoms with Crippen molar-refractivity contribution in [2.75, 3.05) is 19.8 Å². The zero-order valence-electron chi connectivity index (χ0n) is 42.5. The fraction of sp³-hybridized carbons (Fsp3) is 0.964. The van der Waals surface area contributed by atoms with Crippen LogP contribution in [0.25, 0.3) is 0 Å². The monoisotopic (exact) mass is 927 g/mol. The Morgan fingerprint density at radius 3 is 1.05 bits per heavy atom. The maximum atomic E-state index is 12.9. The van der Waals surface area contributed by atoms with Crippen molar-refractivity contribution in [2.24, 2.45) is 0 Å². The molecule has 0 bridgehead atoms. The fourth-order valence-electron chi connectivity index (χ4n) is 9.08. The van der Waals surface area contributed by atoms with E-state index in [0.29, 0.717) is 6.42 Å². The van der Waals surface area contributed by atoms with Crippen molar-refractivity contribution < 1.29 is 49.0 Å². The molecule has 0 aliphatic carbocycles. The Morgan fingerprint density at radius 2 is 0.723 bits per heavy atom. The summed E-state index contributed by atoms with van der Waals surface area (Å²) in [5, 5.41) is 40.3. The second-order valence-electron chi connectivity index (χ2n) is 19.8. The van der Waals surface area contributed by atoms with Gasteiger partial charge in [0.05, 0.1) is 13.2 Å². The van der Waals surface area contributed by atoms with Gasteiger partial charge in [0.15, 0.2) is 12.4 Å². The summed E-state index contributed by atoms with van der Waals surface area (Å²) >= 11 is 0. The second-order valence-corrected chi connectivity index (χ2v) is 19.8. The molecule has 65 heavy (non-hydrogen) atoms. The normalized spacial score (nSPS) is 19.1. The molecule has 6 atom stereocenters. The molecule has 1 fully saturated rings. The van der Waals surface area contributed by atoms with Crippen LogP contribution in [-0.4, -0.2) is 89.0 Å². The summed E-state index contributed by atoms with van der Waals surface area (Å²) in [5.74, 6) is -0.783. The van der Waals surface area contributed by atoms with Crippen LogP contribution in [-0.2, 0) is 28.5 Å². The van der Waals surface area contributed by atoms with Crippen LogP contribution in [0, 0.1) is 0 Å². The fourth-order valence-corrected chi connectivity index (χ4v) is 9.08. The van der Waals surface area contributed by atoms with Crippen LogP contribution in [0.2, 0.25) is 0 Å². The molecule has 1 saturated heterocycles. The van der Waals surface area contributed by atoms with Crippen LogP contribution in [0.15, 0.2) is 0 Å². The van der Waals surface area contributed by atoms with Gasteiger partial charge in [0.1, 0.15) is 31.0 Å². The Morgan fingerprint density at radius 1 is 0.415 bits per heavy atom. The average molecular weight is 927 g/mol. The van der Waals surface area contributed by atoms with Crippen LogP contribution in [0.3, 0.4) is 0 Å². The molecule has 0 aromatic heterocycles. The minimum Gasteiger partial charge on any atom is -0.462 e. The number of rotatable bonds is 49. The Bertz CT molecular complexity index is 1030. The second kappa shape index (κ2) is 46.4. The van der Waals surface area contributed by atoms with Gasteiger partial charge in [-0.15, -0.1) is 0 Å². The standard InChI is InChI=1S/C55H106O10/c1-3-5-7-9-11-13-15-17-19-21-22-23-24-25-26-27-28-30-32-34-36-38-40-42-44-51(58)64-48(47-63-55-54(61)53(60)52(59)49(45-56)65-55)46-62-50(57)43-41-39-37-35-33-31-29-20-18-16-14-12-10-8-6-4-2/h48-49,52-56,59-61H,3-47H2,1-2H3. The van der Waals surface area contributed by atoms with E-state index in [2.05, 4.69) is 13.8 Å². The first-order valence-electron chi connectivity index (χ1n) is 28.1. The minimum absolute atomic E-state index is 0.208. The number of unbranched alkanes of at least 4 members (excludes halogenated alkanes) is 38. The topological polar surface area (TPSA) is 152 Å². The molecule has 10 heteroatoms. The largest absolute Gasteiger partial charge is 0.462 e. The number of aliphatic hydroxyl groups excluding tert-OH is 4. The molecule has 0 aromatic carbocycles. The Labute approximate surface area is 399 Å². The molecule has 1 aliphatic rings. The molecule has 386 valence electrons. The summed E-state index contributed by atoms with van der Waals surface area (Å²) in [4.78, 5) is 25.5. The first-order chi connectivity index (χ1) is 31.8. The van der Waals surface area contributed by atoms with E-state index in [9.17, 15) is 30.0 Å². The van der Waals surface area contributed by atoms with Gasteiger partial charge in [-0.25, -0.2) is 0 Å². The number of carbonyl (C=O) groups is 2. The zero-order valence-corrected chi connectivity index (χ0v) is 42.5. The van der Waals surface area contributed by atoms with Crippen molar-refractivity contribution in [3.8, 4) is 0 Å². The lowest BCUT2D eigenvalue weighted by Crippen LogP contribution is -2.59. The lowest BCUT2D eigenvalue weighted by Gasteiger charge is -2.39. The van der Waals surface area contributed by atoms with E-state index in [0.717, 1.165) is 32.1 Å². The minimum atomic E-state index is -1.59. The molecular formula is C55H106O10. The first kappa shape index (κ1) is 61.7. The summed E-state index contributed by atoms with van der Waals surface area (Å²) < 4.78 is 22.3. The SMILES string of the molecule is CCCCCCCCCCCCCCCCCCCCCCCCCCC(=O)OC(COC(=O)CCCCCCCCCCCCCCCCCC)COC1OC(CO)C(O)C(O)C1O. The van der Waals surface area contributed by atoms with Gasteiger partial charge >= 0.3 is 11.9 Å². The Kier molecular flexibility index (Phi) is 44.1. The highest BCUT2D eigenvalue weighted by Gasteiger charge is 2.44. The van der Waals surface area contributed by atoms with E-state index in [1.807, 2.05) is 0 Å². The van der Waals surface area contributed by atoms with Crippen molar-refractivity contribution in [3.05, 3.63) is 0 Å². The molecule has 10 nitrogen and oxygen atoms in total. The third-order valence-corrected chi connectivity index (χ3v) is 13.5. The van der Waals surface area contributed by atoms with Crippen LogP contribution in [0.4, 0.5) is 0 Å². The van der Waals surface area contributed by atoms with Gasteiger partial charge in [0, 0.05) is 12.8 Å². The van der Waals surface area contributed by atoms with Crippen molar-refractivity contribution in [2.45, 2.75) is 320 Å². The van der Waals surface area contributed by atoms with Gasteiger partial charge in [-0.1, -0.05) is 258 Å². The maximum absolute atomic E-state index is 12.9. The summed E-state index contributed by atoms with van der Waals surface area (Å²) in [5.41, 5.74) is 0. The molecule has 0 spiro atoms. The number of ether oxygens (including phenoxy) is 4. The number of aliphatic hydroxyl groups is 4. The average Bonchev–Trinajstić information content (AvgIpc) is 3.30. The van der Waals surface area contributed by atoms with Crippen LogP contribution in [0.1, 0.15) is 284 Å². The molecule has 1 aliphatic heterocycles. The van der Waals surface area contributed by atoms with Crippen LogP contribution >= 0.6 is 0 Å². The number of esters is 2. The van der Waals surface area contributed by atoms with Gasteiger partial charge in [-0.2, -0.15) is 0 Å². The van der Waals surface area contributed by atoms with E-state index in [-0.39, 0.29) is 32.0 Å². The van der Waals surface area contributed by atoms with Gasteiger partial charge in [-0.05, 0) is 12.8 Å². The van der Waals surface area contributed by atoms with E-state index >= 15 is 0 Å². The molecule has 0 saturated carbocycles. The van der Waals surface area contributed by atoms with E-state index in [1.165, 1.54) is 218 Å². The highest BCUT2D eigenvalue weighted by Crippen LogP contribution is 2.23. The molecule has 0 amide bonds. The third-order valence-electron chi connectivity index (χ3n) is 13.5. The summed E-state index contributed by atoms with van der Waals surface area (Å²) in [6.45, 7) is 3.49. The summed E-state index contributed by atoms with van der Waals surface area (Å²) in [7, 11) is 0. The van der Waals surface area contributed by atoms with E-state index < -0.39 is 49.4 Å². The van der Waals surface area contributed by atoms with Crippen molar-refractivity contribution >= 4 is 11.9 Å². The van der Waals surface area contributed by atoms with E-state index in [1.54, 1.807) is 0 Å². The predicted octanol–water partition coefficient (Wildman–Crippen LogP) is 13.7. The summed E-state index contributed by atoms with van der Waals surface area (Å²) in [6.07, 6.45) is 44.1. The number of hydrogen-bond donors (Lipinski definition) is 4. The molecule has 1 rings (SSSR count). The Hall–Kier alpha value is -1.30.